The van der Waals surface area contributed by atoms with Gasteiger partial charge in [-0.15, -0.1) is 0 Å². The summed E-state index contributed by atoms with van der Waals surface area (Å²) in [6.07, 6.45) is 0.228. The zero-order chi connectivity index (χ0) is 21.0. The predicted octanol–water partition coefficient (Wildman–Crippen LogP) is 4.07. The maximum absolute atomic E-state index is 11.2. The monoisotopic (exact) mass is 438 g/mol. The summed E-state index contributed by atoms with van der Waals surface area (Å²) >= 11 is 11.9. The molecule has 9 nitrogen and oxygen atoms in total. The van der Waals surface area contributed by atoms with Crippen LogP contribution in [0.2, 0.25) is 10.0 Å². The fraction of sp³-hybridized carbons (Fsp3) is 0.333. The molecule has 2 aromatic rings. The highest BCUT2D eigenvalue weighted by Crippen LogP contribution is 2.25. The number of amides is 1. The summed E-state index contributed by atoms with van der Waals surface area (Å²) in [7, 11) is 0. The lowest BCUT2D eigenvalue weighted by atomic mass is 10.1. The van der Waals surface area contributed by atoms with E-state index in [4.69, 9.17) is 38.5 Å². The molecule has 1 amide bonds. The van der Waals surface area contributed by atoms with Crippen molar-refractivity contribution in [2.45, 2.75) is 25.9 Å². The predicted molar refractivity (Wildman–Crippen MR) is 111 cm³/mol. The van der Waals surface area contributed by atoms with Crippen molar-refractivity contribution in [1.29, 1.82) is 5.41 Å². The molecular weight excluding hydrogens is 419 g/mol. The van der Waals surface area contributed by atoms with Crippen molar-refractivity contribution in [1.82, 2.24) is 14.9 Å². The van der Waals surface area contributed by atoms with Crippen LogP contribution in [0.5, 0.6) is 5.88 Å². The number of likely N-dealkylation sites (tertiary alicyclic amines) is 1. The lowest BCUT2D eigenvalue weighted by Crippen LogP contribution is -2.43. The maximum Gasteiger partial charge on any atom is 0.407 e. The first-order chi connectivity index (χ1) is 13.8. The van der Waals surface area contributed by atoms with E-state index in [9.17, 15) is 4.79 Å². The maximum atomic E-state index is 11.2. The second-order valence-corrected chi connectivity index (χ2v) is 7.35. The lowest BCUT2D eigenvalue weighted by Gasteiger charge is -2.30. The minimum Gasteiger partial charge on any atom is -0.472 e. The number of carboxylic acid groups (broad SMARTS) is 1. The summed E-state index contributed by atoms with van der Waals surface area (Å²) in [4.78, 5) is 21.0. The number of rotatable bonds is 4. The summed E-state index contributed by atoms with van der Waals surface area (Å²) in [5.74, 6) is 0.442. The molecule has 0 bridgehead atoms. The summed E-state index contributed by atoms with van der Waals surface area (Å²) in [5.41, 5.74) is 1.22. The SMILES string of the molecule is Cc1cc(OC2CCCN(C(=O)O)C2)nc(NC(=N)Nc2ccc(Cl)c(Cl)c2)n1. The van der Waals surface area contributed by atoms with Gasteiger partial charge >= 0.3 is 6.09 Å². The van der Waals surface area contributed by atoms with Crippen molar-refractivity contribution in [3.8, 4) is 5.88 Å². The summed E-state index contributed by atoms with van der Waals surface area (Å²) in [6, 6.07) is 6.58. The van der Waals surface area contributed by atoms with E-state index in [0.717, 1.165) is 12.8 Å². The first-order valence-electron chi connectivity index (χ1n) is 8.88. The highest BCUT2D eigenvalue weighted by molar-refractivity contribution is 6.42. The van der Waals surface area contributed by atoms with Crippen LogP contribution in [0.15, 0.2) is 24.3 Å². The average molecular weight is 439 g/mol. The number of nitrogens with zero attached hydrogens (tertiary/aromatic N) is 3. The Morgan fingerprint density at radius 2 is 2.07 bits per heavy atom. The molecule has 1 saturated heterocycles. The van der Waals surface area contributed by atoms with Gasteiger partial charge in [0.1, 0.15) is 6.10 Å². The number of carbonyl (C=O) groups is 1. The number of piperidine rings is 1. The third kappa shape index (κ3) is 5.85. The summed E-state index contributed by atoms with van der Waals surface area (Å²) in [5, 5.41) is 23.6. The molecule has 11 heteroatoms. The van der Waals surface area contributed by atoms with Crippen LogP contribution in [0.25, 0.3) is 0 Å². The molecule has 1 aromatic carbocycles. The van der Waals surface area contributed by atoms with Gasteiger partial charge in [-0.2, -0.15) is 4.98 Å². The quantitative estimate of drug-likeness (QED) is 0.418. The zero-order valence-electron chi connectivity index (χ0n) is 15.6. The van der Waals surface area contributed by atoms with Gasteiger partial charge in [0.2, 0.25) is 11.8 Å². The van der Waals surface area contributed by atoms with Gasteiger partial charge < -0.3 is 20.1 Å². The number of hydrogen-bond acceptors (Lipinski definition) is 5. The molecule has 4 N–H and O–H groups in total. The van der Waals surface area contributed by atoms with E-state index >= 15 is 0 Å². The van der Waals surface area contributed by atoms with Crippen molar-refractivity contribution in [2.75, 3.05) is 23.7 Å². The molecule has 29 heavy (non-hydrogen) atoms. The molecule has 1 fully saturated rings. The van der Waals surface area contributed by atoms with E-state index in [1.807, 2.05) is 0 Å². The third-order valence-electron chi connectivity index (χ3n) is 4.19. The number of guanidine groups is 1. The van der Waals surface area contributed by atoms with E-state index in [0.29, 0.717) is 33.9 Å². The Morgan fingerprint density at radius 1 is 1.28 bits per heavy atom. The Hall–Kier alpha value is -2.78. The largest absolute Gasteiger partial charge is 0.472 e. The molecule has 1 aromatic heterocycles. The Bertz CT molecular complexity index is 926. The van der Waals surface area contributed by atoms with Crippen molar-refractivity contribution in [2.24, 2.45) is 0 Å². The Labute approximate surface area is 177 Å². The highest BCUT2D eigenvalue weighted by atomic mass is 35.5. The van der Waals surface area contributed by atoms with E-state index in [-0.39, 0.29) is 24.6 Å². The number of aryl methyl sites for hydroxylation is 1. The summed E-state index contributed by atoms with van der Waals surface area (Å²) < 4.78 is 5.87. The van der Waals surface area contributed by atoms with Crippen LogP contribution in [-0.2, 0) is 0 Å². The number of anilines is 2. The molecule has 0 radical (unpaired) electrons. The van der Waals surface area contributed by atoms with Gasteiger partial charge in [-0.05, 0) is 38.0 Å². The Morgan fingerprint density at radius 3 is 2.79 bits per heavy atom. The average Bonchev–Trinajstić information content (AvgIpc) is 2.64. The topological polar surface area (TPSA) is 123 Å². The van der Waals surface area contributed by atoms with Crippen LogP contribution in [-0.4, -0.2) is 51.2 Å². The van der Waals surface area contributed by atoms with Gasteiger partial charge in [0.05, 0.1) is 16.6 Å². The van der Waals surface area contributed by atoms with E-state index in [2.05, 4.69) is 20.6 Å². The number of aromatic nitrogens is 2. The third-order valence-corrected chi connectivity index (χ3v) is 4.93. The Balaban J connectivity index is 1.64. The van der Waals surface area contributed by atoms with Gasteiger partial charge in [-0.25, -0.2) is 9.78 Å². The zero-order valence-corrected chi connectivity index (χ0v) is 17.1. The molecule has 1 aliphatic heterocycles. The number of nitrogens with one attached hydrogen (secondary N) is 3. The second kappa shape index (κ2) is 9.15. The first kappa shape index (κ1) is 20.9. The van der Waals surface area contributed by atoms with Crippen LogP contribution in [0.3, 0.4) is 0 Å². The fourth-order valence-corrected chi connectivity index (χ4v) is 3.19. The number of hydrogen-bond donors (Lipinski definition) is 4. The molecule has 2 heterocycles. The van der Waals surface area contributed by atoms with Gasteiger partial charge in [0.15, 0.2) is 5.96 Å². The number of ether oxygens (including phenoxy) is 1. The van der Waals surface area contributed by atoms with Gasteiger partial charge in [-0.3, -0.25) is 10.7 Å². The molecule has 0 saturated carbocycles. The van der Waals surface area contributed by atoms with Crippen LogP contribution in [0.4, 0.5) is 16.4 Å². The number of benzene rings is 1. The summed E-state index contributed by atoms with van der Waals surface area (Å²) in [6.45, 7) is 2.57. The Kier molecular flexibility index (Phi) is 6.60. The minimum absolute atomic E-state index is 0.0605. The molecule has 0 aliphatic carbocycles. The van der Waals surface area contributed by atoms with Crippen molar-refractivity contribution in [3.05, 3.63) is 40.0 Å². The van der Waals surface area contributed by atoms with E-state index in [1.165, 1.54) is 4.90 Å². The van der Waals surface area contributed by atoms with Gasteiger partial charge in [-0.1, -0.05) is 23.2 Å². The lowest BCUT2D eigenvalue weighted by molar-refractivity contribution is 0.0767. The van der Waals surface area contributed by atoms with Gasteiger partial charge in [0, 0.05) is 24.0 Å². The normalized spacial score (nSPS) is 16.2. The molecule has 154 valence electrons. The molecule has 1 atom stereocenters. The molecule has 1 aliphatic rings. The van der Waals surface area contributed by atoms with Crippen LogP contribution < -0.4 is 15.4 Å². The van der Waals surface area contributed by atoms with Crippen LogP contribution in [0.1, 0.15) is 18.5 Å². The fourth-order valence-electron chi connectivity index (χ4n) is 2.90. The van der Waals surface area contributed by atoms with Crippen molar-refractivity contribution >= 4 is 46.9 Å². The highest BCUT2D eigenvalue weighted by Gasteiger charge is 2.25. The minimum atomic E-state index is -0.957. The molecule has 0 spiro atoms. The smallest absolute Gasteiger partial charge is 0.407 e. The van der Waals surface area contributed by atoms with Crippen LogP contribution >= 0.6 is 23.2 Å². The van der Waals surface area contributed by atoms with Crippen LogP contribution in [0, 0.1) is 12.3 Å². The molecule has 1 unspecified atom stereocenters. The van der Waals surface area contributed by atoms with E-state index in [1.54, 1.807) is 31.2 Å². The molecular formula is C18H20Cl2N6O3. The van der Waals surface area contributed by atoms with Crippen molar-refractivity contribution < 1.29 is 14.6 Å². The van der Waals surface area contributed by atoms with Gasteiger partial charge in [0.25, 0.3) is 0 Å². The standard InChI is InChI=1S/C18H20Cl2N6O3/c1-10-7-15(29-12-3-2-6-26(9-12)18(27)28)24-17(22-10)25-16(21)23-11-4-5-13(19)14(20)8-11/h4-5,7-8,12H,2-3,6,9H2,1H3,(H,27,28)(H3,21,22,23,24,25). The van der Waals surface area contributed by atoms with E-state index < -0.39 is 6.09 Å². The number of halogens is 2. The first-order valence-corrected chi connectivity index (χ1v) is 9.63. The van der Waals surface area contributed by atoms with Crippen molar-refractivity contribution in [3.63, 3.8) is 0 Å². The second-order valence-electron chi connectivity index (χ2n) is 6.54. The molecule has 3 rings (SSSR count).